The number of aromatic nitrogens is 2. The number of amides is 1. The molecule has 1 aromatic heterocycles. The van der Waals surface area contributed by atoms with E-state index in [1.54, 1.807) is 0 Å². The van der Waals surface area contributed by atoms with Gasteiger partial charge >= 0.3 is 0 Å². The summed E-state index contributed by atoms with van der Waals surface area (Å²) in [5, 5.41) is 5.33. The zero-order valence-corrected chi connectivity index (χ0v) is 24.0. The molecule has 0 radical (unpaired) electrons. The lowest BCUT2D eigenvalue weighted by atomic mass is 9.77. The van der Waals surface area contributed by atoms with Crippen molar-refractivity contribution < 1.29 is 9.53 Å². The normalized spacial score (nSPS) is 17.9. The summed E-state index contributed by atoms with van der Waals surface area (Å²) in [7, 11) is 1.90. The maximum atomic E-state index is 13.5. The van der Waals surface area contributed by atoms with Gasteiger partial charge in [-0.15, -0.1) is 0 Å². The van der Waals surface area contributed by atoms with Gasteiger partial charge in [0.15, 0.2) is 0 Å². The number of aryl methyl sites for hydroxylation is 2. The van der Waals surface area contributed by atoms with E-state index < -0.39 is 0 Å². The van der Waals surface area contributed by atoms with Gasteiger partial charge in [-0.05, 0) is 69.0 Å². The summed E-state index contributed by atoms with van der Waals surface area (Å²) in [5.41, 5.74) is 4.34. The number of hydrogen-bond donors (Lipinski definition) is 0. The maximum absolute atomic E-state index is 13.5. The molecule has 0 spiro atoms. The fourth-order valence-corrected chi connectivity index (χ4v) is 5.54. The van der Waals surface area contributed by atoms with E-state index in [9.17, 15) is 4.79 Å². The number of piperidine rings is 1. The van der Waals surface area contributed by atoms with Crippen LogP contribution < -0.4 is 4.74 Å². The summed E-state index contributed by atoms with van der Waals surface area (Å²) in [5.74, 6) is 0.948. The van der Waals surface area contributed by atoms with Gasteiger partial charge in [0.05, 0.1) is 12.8 Å². The molecule has 204 valence electrons. The van der Waals surface area contributed by atoms with Gasteiger partial charge in [-0.3, -0.25) is 14.4 Å². The van der Waals surface area contributed by atoms with E-state index >= 15 is 0 Å². The molecule has 3 aromatic rings. The van der Waals surface area contributed by atoms with Crippen LogP contribution in [0.5, 0.6) is 5.75 Å². The fourth-order valence-electron chi connectivity index (χ4n) is 5.42. The summed E-state index contributed by atoms with van der Waals surface area (Å²) in [4.78, 5) is 17.9. The van der Waals surface area contributed by atoms with Gasteiger partial charge in [-0.1, -0.05) is 48.9 Å². The first-order chi connectivity index (χ1) is 18.3. The van der Waals surface area contributed by atoms with Gasteiger partial charge in [0, 0.05) is 61.3 Å². The standard InChI is InChI=1S/C31H41ClN4O2/c1-5-15-36-25(3)27(19-33-36)21-35-16-9-14-31(22-35,23-38-28-12-13-29(32)24(2)17-28)18-30(37)34(4)20-26-10-7-6-8-11-26/h6-8,10-13,17,19H,5,9,14-16,18,20-23H2,1-4H3/t31-/m0/s1. The molecule has 1 aliphatic rings. The summed E-state index contributed by atoms with van der Waals surface area (Å²) >= 11 is 6.24. The molecule has 0 saturated carbocycles. The lowest BCUT2D eigenvalue weighted by molar-refractivity contribution is -0.135. The molecule has 2 heterocycles. The number of halogens is 1. The van der Waals surface area contributed by atoms with Crippen molar-refractivity contribution in [2.45, 2.75) is 66.1 Å². The molecule has 4 rings (SSSR count). The Hall–Kier alpha value is -2.83. The molecule has 1 fully saturated rings. The van der Waals surface area contributed by atoms with Crippen molar-refractivity contribution in [3.63, 3.8) is 0 Å². The smallest absolute Gasteiger partial charge is 0.223 e. The lowest BCUT2D eigenvalue weighted by Gasteiger charge is -2.43. The average Bonchev–Trinajstić information content (AvgIpc) is 3.24. The zero-order chi connectivity index (χ0) is 27.1. The SMILES string of the molecule is CCCn1ncc(CN2CCC[C@](COc3ccc(Cl)c(C)c3)(CC(=O)N(C)Cc3ccccc3)C2)c1C. The molecule has 1 atom stereocenters. The number of carbonyl (C=O) groups excluding carboxylic acids is 1. The van der Waals surface area contributed by atoms with E-state index in [1.165, 1.54) is 11.3 Å². The zero-order valence-electron chi connectivity index (χ0n) is 23.3. The van der Waals surface area contributed by atoms with Crippen LogP contribution in [0.4, 0.5) is 0 Å². The van der Waals surface area contributed by atoms with Crippen molar-refractivity contribution in [3.05, 3.63) is 82.1 Å². The van der Waals surface area contributed by atoms with E-state index in [2.05, 4.69) is 40.7 Å². The summed E-state index contributed by atoms with van der Waals surface area (Å²) in [6.45, 7) is 11.0. The first-order valence-corrected chi connectivity index (χ1v) is 14.1. The van der Waals surface area contributed by atoms with E-state index in [-0.39, 0.29) is 11.3 Å². The Morgan fingerprint density at radius 1 is 1.18 bits per heavy atom. The van der Waals surface area contributed by atoms with Crippen LogP contribution in [0.2, 0.25) is 5.02 Å². The Balaban J connectivity index is 1.50. The number of hydrogen-bond acceptors (Lipinski definition) is 4. The highest BCUT2D eigenvalue weighted by molar-refractivity contribution is 6.31. The highest BCUT2D eigenvalue weighted by Crippen LogP contribution is 2.36. The highest BCUT2D eigenvalue weighted by atomic mass is 35.5. The van der Waals surface area contributed by atoms with Crippen LogP contribution in [0, 0.1) is 19.3 Å². The molecule has 38 heavy (non-hydrogen) atoms. The second kappa shape index (κ2) is 12.8. The van der Waals surface area contributed by atoms with Gasteiger partial charge < -0.3 is 9.64 Å². The van der Waals surface area contributed by atoms with E-state index in [0.29, 0.717) is 19.6 Å². The summed E-state index contributed by atoms with van der Waals surface area (Å²) in [6, 6.07) is 15.9. The molecule has 7 heteroatoms. The Kier molecular flexibility index (Phi) is 9.50. The molecular weight excluding hydrogens is 496 g/mol. The minimum absolute atomic E-state index is 0.151. The Morgan fingerprint density at radius 2 is 1.97 bits per heavy atom. The monoisotopic (exact) mass is 536 g/mol. The topological polar surface area (TPSA) is 50.6 Å². The number of likely N-dealkylation sites (tertiary alicyclic amines) is 1. The lowest BCUT2D eigenvalue weighted by Crippen LogP contribution is -2.48. The molecule has 0 unspecified atom stereocenters. The van der Waals surface area contributed by atoms with Gasteiger partial charge in [0.25, 0.3) is 0 Å². The van der Waals surface area contributed by atoms with E-state index in [0.717, 1.165) is 67.3 Å². The third kappa shape index (κ3) is 7.17. The van der Waals surface area contributed by atoms with Crippen molar-refractivity contribution >= 4 is 17.5 Å². The van der Waals surface area contributed by atoms with Crippen molar-refractivity contribution in [1.29, 1.82) is 0 Å². The first kappa shape index (κ1) is 28.2. The van der Waals surface area contributed by atoms with Crippen LogP contribution in [0.1, 0.15) is 55.0 Å². The maximum Gasteiger partial charge on any atom is 0.223 e. The van der Waals surface area contributed by atoms with E-state index in [1.807, 2.05) is 61.5 Å². The Labute approximate surface area is 232 Å². The molecule has 0 aliphatic carbocycles. The summed E-state index contributed by atoms with van der Waals surface area (Å²) in [6.07, 6.45) is 5.51. The third-order valence-corrected chi connectivity index (χ3v) is 8.09. The van der Waals surface area contributed by atoms with Gasteiger partial charge in [0.1, 0.15) is 5.75 Å². The second-order valence-electron chi connectivity index (χ2n) is 10.9. The highest BCUT2D eigenvalue weighted by Gasteiger charge is 2.39. The summed E-state index contributed by atoms with van der Waals surface area (Å²) < 4.78 is 8.47. The molecule has 1 saturated heterocycles. The van der Waals surface area contributed by atoms with Gasteiger partial charge in [0.2, 0.25) is 5.91 Å². The van der Waals surface area contributed by atoms with Crippen LogP contribution in [-0.2, 0) is 24.4 Å². The van der Waals surface area contributed by atoms with Crippen LogP contribution >= 0.6 is 11.6 Å². The fraction of sp³-hybridized carbons (Fsp3) is 0.484. The molecule has 2 aromatic carbocycles. The quantitative estimate of drug-likeness (QED) is 0.290. The van der Waals surface area contributed by atoms with Crippen molar-refractivity contribution in [1.82, 2.24) is 19.6 Å². The van der Waals surface area contributed by atoms with Crippen LogP contribution in [0.3, 0.4) is 0 Å². The molecule has 0 bridgehead atoms. The molecule has 0 N–H and O–H groups in total. The van der Waals surface area contributed by atoms with Crippen molar-refractivity contribution in [3.8, 4) is 5.75 Å². The number of benzene rings is 2. The molecular formula is C31H41ClN4O2. The molecule has 6 nitrogen and oxygen atoms in total. The molecule has 1 amide bonds. The minimum Gasteiger partial charge on any atom is -0.493 e. The average molecular weight is 537 g/mol. The predicted molar refractivity (Wildman–Crippen MR) is 153 cm³/mol. The Bertz CT molecular complexity index is 1210. The van der Waals surface area contributed by atoms with Crippen molar-refractivity contribution in [2.75, 3.05) is 26.7 Å². The van der Waals surface area contributed by atoms with Crippen molar-refractivity contribution in [2.24, 2.45) is 5.41 Å². The number of carbonyl (C=O) groups is 1. The largest absolute Gasteiger partial charge is 0.493 e. The Morgan fingerprint density at radius 3 is 2.71 bits per heavy atom. The van der Waals surface area contributed by atoms with Crippen LogP contribution in [0.15, 0.2) is 54.7 Å². The number of nitrogens with zero attached hydrogens (tertiary/aromatic N) is 4. The third-order valence-electron chi connectivity index (χ3n) is 7.66. The number of ether oxygens (including phenoxy) is 1. The van der Waals surface area contributed by atoms with Gasteiger partial charge in [-0.2, -0.15) is 5.10 Å². The van der Waals surface area contributed by atoms with Gasteiger partial charge in [-0.25, -0.2) is 0 Å². The predicted octanol–water partition coefficient (Wildman–Crippen LogP) is 6.27. The first-order valence-electron chi connectivity index (χ1n) is 13.7. The minimum atomic E-state index is -0.277. The van der Waals surface area contributed by atoms with Crippen LogP contribution in [-0.4, -0.2) is 52.2 Å². The molecule has 1 aliphatic heterocycles. The van der Waals surface area contributed by atoms with E-state index in [4.69, 9.17) is 16.3 Å². The second-order valence-corrected chi connectivity index (χ2v) is 11.3. The van der Waals surface area contributed by atoms with Crippen LogP contribution in [0.25, 0.3) is 0 Å². The number of rotatable bonds is 11.